The van der Waals surface area contributed by atoms with Crippen LogP contribution in [0.25, 0.3) is 0 Å². The van der Waals surface area contributed by atoms with Crippen LogP contribution in [0.15, 0.2) is 58.6 Å². The topological polar surface area (TPSA) is 86.5 Å². The van der Waals surface area contributed by atoms with Gasteiger partial charge in [0.15, 0.2) is 0 Å². The molecular formula is C22H24F2N4O3S. The van der Waals surface area contributed by atoms with Crippen LogP contribution in [0.4, 0.5) is 8.78 Å². The number of thioether (sulfide) groups is 1. The Kier molecular flexibility index (Phi) is 7.60. The lowest BCUT2D eigenvalue weighted by molar-refractivity contribution is -0.143. The molecule has 0 spiro atoms. The number of hydrogen-bond donors (Lipinski definition) is 2. The van der Waals surface area contributed by atoms with Gasteiger partial charge in [-0.05, 0) is 37.6 Å². The van der Waals surface area contributed by atoms with Crippen LogP contribution in [0.5, 0.6) is 0 Å². The number of halogens is 2. The molecule has 1 amide bonds. The zero-order valence-electron chi connectivity index (χ0n) is 17.9. The molecule has 0 aromatic heterocycles. The maximum absolute atomic E-state index is 14.5. The monoisotopic (exact) mass is 462 g/mol. The lowest BCUT2D eigenvalue weighted by Gasteiger charge is -2.36. The summed E-state index contributed by atoms with van der Waals surface area (Å²) in [5.74, 6) is -1.41. The minimum absolute atomic E-state index is 0.0656. The van der Waals surface area contributed by atoms with Crippen LogP contribution in [0, 0.1) is 11.6 Å². The number of aliphatic imine (C=N–C) groups is 1. The third kappa shape index (κ3) is 4.98. The molecule has 0 radical (unpaired) electrons. The normalized spacial score (nSPS) is 19.6. The Morgan fingerprint density at radius 3 is 2.69 bits per heavy atom. The molecule has 3 rings (SSSR count). The number of carbonyl (C=O) groups is 1. The second kappa shape index (κ2) is 10.2. The number of nitrogens with zero attached hydrogens (tertiary/aromatic N) is 3. The molecule has 32 heavy (non-hydrogen) atoms. The highest BCUT2D eigenvalue weighted by molar-refractivity contribution is 8.15. The van der Waals surface area contributed by atoms with Gasteiger partial charge in [0.05, 0.1) is 6.61 Å². The molecule has 2 aromatic rings. The number of rotatable bonds is 7. The van der Waals surface area contributed by atoms with E-state index >= 15 is 0 Å². The molecule has 0 saturated carbocycles. The average Bonchev–Trinajstić information content (AvgIpc) is 3.18. The summed E-state index contributed by atoms with van der Waals surface area (Å²) in [7, 11) is 1.61. The lowest BCUT2D eigenvalue weighted by atomic mass is 10.0. The predicted octanol–water partition coefficient (Wildman–Crippen LogP) is 3.40. The standard InChI is InChI=1S/C22H24F2N4O3S/c1-14(29)21(30)28-22(16-7-5-4-6-8-16,11-12-31-27-15(2)25-3)32-20(26-28)18-13-17(23)9-10-19(18)24/h4-10,13-14,29H,11-12H2,1-3H3,(H,25,27). The van der Waals surface area contributed by atoms with Crippen LogP contribution in [0.3, 0.4) is 0 Å². The molecule has 0 saturated heterocycles. The van der Waals surface area contributed by atoms with Crippen LogP contribution in [-0.2, 0) is 14.5 Å². The highest BCUT2D eigenvalue weighted by atomic mass is 32.2. The number of carbonyl (C=O) groups excluding carboxylic acids is 1. The summed E-state index contributed by atoms with van der Waals surface area (Å²) >= 11 is 1.10. The number of nitrogens with one attached hydrogen (secondary N) is 1. The Morgan fingerprint density at radius 1 is 1.31 bits per heavy atom. The molecule has 0 bridgehead atoms. The second-order valence-electron chi connectivity index (χ2n) is 7.12. The van der Waals surface area contributed by atoms with Crippen LogP contribution >= 0.6 is 11.8 Å². The summed E-state index contributed by atoms with van der Waals surface area (Å²) in [6, 6.07) is 12.1. The second-order valence-corrected chi connectivity index (χ2v) is 8.38. The van der Waals surface area contributed by atoms with Gasteiger partial charge >= 0.3 is 0 Å². The summed E-state index contributed by atoms with van der Waals surface area (Å²) in [6.45, 7) is 3.19. The first-order valence-corrected chi connectivity index (χ1v) is 10.7. The van der Waals surface area contributed by atoms with Crippen LogP contribution < -0.4 is 5.48 Å². The van der Waals surface area contributed by atoms with Gasteiger partial charge in [-0.2, -0.15) is 5.10 Å². The zero-order chi connectivity index (χ0) is 23.3. The molecule has 2 atom stereocenters. The van der Waals surface area contributed by atoms with Crippen LogP contribution in [0.2, 0.25) is 0 Å². The highest BCUT2D eigenvalue weighted by Crippen LogP contribution is 2.50. The van der Waals surface area contributed by atoms with Crippen molar-refractivity contribution < 1.29 is 23.5 Å². The molecule has 1 aliphatic rings. The van der Waals surface area contributed by atoms with E-state index in [-0.39, 0.29) is 23.6 Å². The third-order valence-electron chi connectivity index (χ3n) is 4.85. The Bertz CT molecular complexity index is 1030. The Hall–Kier alpha value is -2.82. The van der Waals surface area contributed by atoms with Gasteiger partial charge in [-0.1, -0.05) is 42.1 Å². The van der Waals surface area contributed by atoms with E-state index in [1.54, 1.807) is 26.1 Å². The van der Waals surface area contributed by atoms with E-state index in [2.05, 4.69) is 15.6 Å². The number of aliphatic hydroxyl groups excluding tert-OH is 1. The largest absolute Gasteiger partial charge is 0.383 e. The predicted molar refractivity (Wildman–Crippen MR) is 120 cm³/mol. The van der Waals surface area contributed by atoms with Gasteiger partial charge in [0.2, 0.25) is 0 Å². The van der Waals surface area contributed by atoms with Gasteiger partial charge in [-0.3, -0.25) is 20.1 Å². The third-order valence-corrected chi connectivity index (χ3v) is 6.29. The molecule has 0 fully saturated rings. The van der Waals surface area contributed by atoms with E-state index in [4.69, 9.17) is 4.84 Å². The number of amidine groups is 1. The summed E-state index contributed by atoms with van der Waals surface area (Å²) in [6.07, 6.45) is -1.12. The smallest absolute Gasteiger partial charge is 0.272 e. The molecule has 1 aliphatic heterocycles. The maximum atomic E-state index is 14.5. The van der Waals surface area contributed by atoms with Crippen molar-refractivity contribution in [2.45, 2.75) is 31.2 Å². The minimum atomic E-state index is -1.35. The summed E-state index contributed by atoms with van der Waals surface area (Å²) in [5, 5.41) is 15.6. The van der Waals surface area contributed by atoms with Gasteiger partial charge < -0.3 is 5.11 Å². The average molecular weight is 463 g/mol. The lowest BCUT2D eigenvalue weighted by Crippen LogP contribution is -2.46. The Labute approximate surface area is 189 Å². The van der Waals surface area contributed by atoms with E-state index < -0.39 is 28.5 Å². The summed E-state index contributed by atoms with van der Waals surface area (Å²) in [4.78, 5) is 21.2. The molecule has 10 heteroatoms. The van der Waals surface area contributed by atoms with Crippen molar-refractivity contribution in [1.82, 2.24) is 10.5 Å². The van der Waals surface area contributed by atoms with E-state index in [0.29, 0.717) is 11.4 Å². The molecule has 2 N–H and O–H groups in total. The highest BCUT2D eigenvalue weighted by Gasteiger charge is 2.49. The van der Waals surface area contributed by atoms with Gasteiger partial charge in [0.1, 0.15) is 33.5 Å². The fourth-order valence-corrected chi connectivity index (χ4v) is 4.51. The van der Waals surface area contributed by atoms with Crippen molar-refractivity contribution in [2.75, 3.05) is 13.7 Å². The van der Waals surface area contributed by atoms with E-state index in [1.165, 1.54) is 6.92 Å². The number of aliphatic hydroxyl groups is 1. The molecule has 2 unspecified atom stereocenters. The first-order valence-electron chi connectivity index (χ1n) is 9.90. The Balaban J connectivity index is 2.04. The van der Waals surface area contributed by atoms with Gasteiger partial charge in [0, 0.05) is 19.0 Å². The fraction of sp³-hybridized carbons (Fsp3) is 0.318. The van der Waals surface area contributed by atoms with Crippen LogP contribution in [-0.4, -0.2) is 46.7 Å². The van der Waals surface area contributed by atoms with E-state index in [0.717, 1.165) is 35.0 Å². The van der Waals surface area contributed by atoms with Crippen molar-refractivity contribution >= 4 is 28.5 Å². The summed E-state index contributed by atoms with van der Waals surface area (Å²) < 4.78 is 28.4. The minimum Gasteiger partial charge on any atom is -0.383 e. The fourth-order valence-electron chi connectivity index (χ4n) is 3.14. The molecule has 170 valence electrons. The number of amides is 1. The van der Waals surface area contributed by atoms with Crippen LogP contribution in [0.1, 0.15) is 31.4 Å². The number of hydroxylamine groups is 1. The molecular weight excluding hydrogens is 438 g/mol. The number of hydrazone groups is 1. The molecule has 1 heterocycles. The number of hydrogen-bond acceptors (Lipinski definition) is 6. The van der Waals surface area contributed by atoms with Gasteiger partial charge in [-0.15, -0.1) is 0 Å². The van der Waals surface area contributed by atoms with E-state index in [9.17, 15) is 18.7 Å². The molecule has 2 aromatic carbocycles. The maximum Gasteiger partial charge on any atom is 0.272 e. The van der Waals surface area contributed by atoms with Crippen molar-refractivity contribution in [3.05, 3.63) is 71.3 Å². The number of benzene rings is 2. The van der Waals surface area contributed by atoms with Crippen molar-refractivity contribution in [3.63, 3.8) is 0 Å². The zero-order valence-corrected chi connectivity index (χ0v) is 18.7. The van der Waals surface area contributed by atoms with E-state index in [1.807, 2.05) is 18.2 Å². The quantitative estimate of drug-likeness (QED) is 0.285. The van der Waals surface area contributed by atoms with Crippen molar-refractivity contribution in [1.29, 1.82) is 0 Å². The summed E-state index contributed by atoms with van der Waals surface area (Å²) in [5.41, 5.74) is 3.32. The van der Waals surface area contributed by atoms with Gasteiger partial charge in [0.25, 0.3) is 5.91 Å². The molecule has 0 aliphatic carbocycles. The SMILES string of the molecule is CN=C(C)NOCCC1(c2ccccc2)SC(c2cc(F)ccc2F)=NN1C(=O)C(C)O. The Morgan fingerprint density at radius 2 is 2.03 bits per heavy atom. The van der Waals surface area contributed by atoms with Gasteiger partial charge in [-0.25, -0.2) is 13.8 Å². The molecule has 7 nitrogen and oxygen atoms in total. The van der Waals surface area contributed by atoms with Crippen molar-refractivity contribution in [2.24, 2.45) is 10.1 Å². The first kappa shape index (κ1) is 23.8. The van der Waals surface area contributed by atoms with Crippen molar-refractivity contribution in [3.8, 4) is 0 Å². The first-order chi connectivity index (χ1) is 15.3.